The topological polar surface area (TPSA) is 135 Å². The van der Waals surface area contributed by atoms with Crippen LogP contribution in [0.2, 0.25) is 0 Å². The summed E-state index contributed by atoms with van der Waals surface area (Å²) in [7, 11) is 2.32. The highest BCUT2D eigenvalue weighted by molar-refractivity contribution is 8.76. The SMILES string of the molecule is O=[S]C[C@H](O)[C@@H](O)CSSC[C@H](O)[C@@H](O)CS(=O)O. The number of hydrogen-bond acceptors (Lipinski definition) is 8. The van der Waals surface area contributed by atoms with Crippen molar-refractivity contribution in [2.45, 2.75) is 24.4 Å². The van der Waals surface area contributed by atoms with Crippen LogP contribution in [0.1, 0.15) is 0 Å². The summed E-state index contributed by atoms with van der Waals surface area (Å²) in [4.78, 5) is 0. The quantitative estimate of drug-likeness (QED) is 0.166. The van der Waals surface area contributed by atoms with Crippen LogP contribution in [0.25, 0.3) is 0 Å². The molecule has 11 heteroatoms. The Balaban J connectivity index is 3.73. The third kappa shape index (κ3) is 10.1. The first kappa shape index (κ1) is 19.7. The van der Waals surface area contributed by atoms with Gasteiger partial charge in [0.05, 0.1) is 47.6 Å². The van der Waals surface area contributed by atoms with E-state index in [1.165, 1.54) is 10.8 Å². The molecule has 5 N–H and O–H groups in total. The van der Waals surface area contributed by atoms with Crippen molar-refractivity contribution in [2.75, 3.05) is 23.0 Å². The average molecular weight is 353 g/mol. The Morgan fingerprint density at radius 1 is 0.842 bits per heavy atom. The van der Waals surface area contributed by atoms with E-state index in [4.69, 9.17) is 4.55 Å². The fraction of sp³-hybridized carbons (Fsp3) is 1.00. The van der Waals surface area contributed by atoms with Gasteiger partial charge < -0.3 is 25.0 Å². The standard InChI is InChI=1S/C8H17O7S4/c9-5(1-16-13)6(10)2-17-18-3-7(11)8(12)4-19(14)15/h5-12H,1-4H2,(H,14,15)/t5-,6-,7-,8-/m0/s1. The molecule has 0 heterocycles. The van der Waals surface area contributed by atoms with Crippen LogP contribution in [0, 0.1) is 0 Å². The summed E-state index contributed by atoms with van der Waals surface area (Å²) in [6.45, 7) is 0. The van der Waals surface area contributed by atoms with Crippen LogP contribution >= 0.6 is 21.6 Å². The predicted molar refractivity (Wildman–Crippen MR) is 77.6 cm³/mol. The van der Waals surface area contributed by atoms with Gasteiger partial charge in [-0.05, 0) is 0 Å². The lowest BCUT2D eigenvalue weighted by atomic mass is 10.3. The normalized spacial score (nSPS) is 19.4. The molecule has 7 nitrogen and oxygen atoms in total. The first-order valence-electron chi connectivity index (χ1n) is 5.17. The molecule has 0 aliphatic carbocycles. The highest BCUT2D eigenvalue weighted by Gasteiger charge is 2.20. The van der Waals surface area contributed by atoms with Crippen molar-refractivity contribution < 1.29 is 33.4 Å². The molecule has 0 aromatic rings. The second-order valence-corrected chi connectivity index (χ2v) is 7.71. The number of hydrogen-bond donors (Lipinski definition) is 5. The van der Waals surface area contributed by atoms with Gasteiger partial charge in [0.25, 0.3) is 0 Å². The second-order valence-electron chi connectivity index (χ2n) is 3.61. The molecule has 0 spiro atoms. The van der Waals surface area contributed by atoms with Gasteiger partial charge in [0, 0.05) is 11.5 Å². The van der Waals surface area contributed by atoms with Crippen LogP contribution in [0.4, 0.5) is 0 Å². The third-order valence-corrected chi connectivity index (χ3v) is 5.54. The van der Waals surface area contributed by atoms with Crippen LogP contribution in [0.5, 0.6) is 0 Å². The molecule has 5 atom stereocenters. The fourth-order valence-corrected chi connectivity index (χ4v) is 4.10. The Kier molecular flexibility index (Phi) is 11.7. The molecular formula is C8H17O7S4. The highest BCUT2D eigenvalue weighted by Crippen LogP contribution is 2.24. The largest absolute Gasteiger partial charge is 0.389 e. The van der Waals surface area contributed by atoms with Gasteiger partial charge in [-0.15, -0.1) is 0 Å². The van der Waals surface area contributed by atoms with E-state index in [2.05, 4.69) is 0 Å². The molecule has 0 fully saturated rings. The summed E-state index contributed by atoms with van der Waals surface area (Å²) in [5, 5.41) is 37.4. The van der Waals surface area contributed by atoms with E-state index in [9.17, 15) is 28.8 Å². The van der Waals surface area contributed by atoms with Gasteiger partial charge in [0.15, 0.2) is 11.1 Å². The lowest BCUT2D eigenvalue weighted by molar-refractivity contribution is 0.0487. The maximum absolute atomic E-state index is 10.4. The van der Waals surface area contributed by atoms with Gasteiger partial charge in [-0.25, -0.2) is 8.42 Å². The molecule has 0 aromatic carbocycles. The second kappa shape index (κ2) is 11.3. The van der Waals surface area contributed by atoms with Crippen molar-refractivity contribution in [1.82, 2.24) is 0 Å². The lowest BCUT2D eigenvalue weighted by Crippen LogP contribution is -2.33. The summed E-state index contributed by atoms with van der Waals surface area (Å²) < 4.78 is 29.1. The first-order valence-corrected chi connectivity index (χ1v) is 9.84. The van der Waals surface area contributed by atoms with Crippen molar-refractivity contribution in [3.05, 3.63) is 0 Å². The molecule has 0 rings (SSSR count). The van der Waals surface area contributed by atoms with Gasteiger partial charge in [-0.1, -0.05) is 21.6 Å². The predicted octanol–water partition coefficient (Wildman–Crippen LogP) is -1.75. The molecule has 19 heavy (non-hydrogen) atoms. The Morgan fingerprint density at radius 3 is 1.68 bits per heavy atom. The van der Waals surface area contributed by atoms with E-state index in [1.54, 1.807) is 0 Å². The molecule has 0 saturated carbocycles. The van der Waals surface area contributed by atoms with Gasteiger partial charge in [-0.2, -0.15) is 0 Å². The summed E-state index contributed by atoms with van der Waals surface area (Å²) in [5.41, 5.74) is 0. The van der Waals surface area contributed by atoms with E-state index in [-0.39, 0.29) is 28.9 Å². The van der Waals surface area contributed by atoms with Crippen LogP contribution in [0.3, 0.4) is 0 Å². The highest BCUT2D eigenvalue weighted by atomic mass is 33.1. The first-order chi connectivity index (χ1) is 8.88. The number of rotatable bonds is 11. The minimum absolute atomic E-state index is 0.101. The summed E-state index contributed by atoms with van der Waals surface area (Å²) in [5.74, 6) is -0.242. The minimum atomic E-state index is -2.17. The molecule has 1 radical (unpaired) electrons. The molecule has 0 aromatic heterocycles. The van der Waals surface area contributed by atoms with Crippen LogP contribution in [-0.2, 0) is 22.7 Å². The van der Waals surface area contributed by atoms with Crippen molar-refractivity contribution in [2.24, 2.45) is 0 Å². The molecule has 0 saturated heterocycles. The van der Waals surface area contributed by atoms with Crippen LogP contribution < -0.4 is 0 Å². The number of aliphatic hydroxyl groups is 4. The zero-order chi connectivity index (χ0) is 14.8. The van der Waals surface area contributed by atoms with Gasteiger partial charge in [-0.3, -0.25) is 0 Å². The molecule has 115 valence electrons. The number of aliphatic hydroxyl groups excluding tert-OH is 4. The van der Waals surface area contributed by atoms with E-state index in [0.717, 1.165) is 10.8 Å². The van der Waals surface area contributed by atoms with Crippen molar-refractivity contribution in [3.63, 3.8) is 0 Å². The maximum Gasteiger partial charge on any atom is 0.155 e. The zero-order valence-electron chi connectivity index (χ0n) is 9.82. The van der Waals surface area contributed by atoms with E-state index < -0.39 is 41.2 Å². The molecule has 0 aliphatic rings. The van der Waals surface area contributed by atoms with Gasteiger partial charge in [0.1, 0.15) is 0 Å². The van der Waals surface area contributed by atoms with E-state index in [1.807, 2.05) is 0 Å². The maximum atomic E-state index is 10.4. The molecule has 1 unspecified atom stereocenters. The Bertz CT molecular complexity index is 280. The summed E-state index contributed by atoms with van der Waals surface area (Å²) >= 11 is -1.98. The molecular weight excluding hydrogens is 336 g/mol. The fourth-order valence-electron chi connectivity index (χ4n) is 0.896. The van der Waals surface area contributed by atoms with Gasteiger partial charge in [0.2, 0.25) is 0 Å². The van der Waals surface area contributed by atoms with Gasteiger partial charge >= 0.3 is 0 Å². The molecule has 0 bridgehead atoms. The minimum Gasteiger partial charge on any atom is -0.389 e. The Hall–Kier alpha value is 0.670. The van der Waals surface area contributed by atoms with E-state index >= 15 is 0 Å². The average Bonchev–Trinajstić information content (AvgIpc) is 2.33. The van der Waals surface area contributed by atoms with Crippen molar-refractivity contribution in [3.8, 4) is 0 Å². The zero-order valence-corrected chi connectivity index (χ0v) is 13.1. The smallest absolute Gasteiger partial charge is 0.155 e. The molecule has 0 amide bonds. The summed E-state index contributed by atoms with van der Waals surface area (Å²) in [6.07, 6.45) is -4.56. The molecule has 0 aliphatic heterocycles. The van der Waals surface area contributed by atoms with Crippen LogP contribution in [0.15, 0.2) is 0 Å². The summed E-state index contributed by atoms with van der Waals surface area (Å²) in [6, 6.07) is 0. The Labute approximate surface area is 125 Å². The third-order valence-electron chi connectivity index (χ3n) is 2.00. The van der Waals surface area contributed by atoms with E-state index in [0.29, 0.717) is 0 Å². The van der Waals surface area contributed by atoms with Crippen molar-refractivity contribution in [1.29, 1.82) is 0 Å². The Morgan fingerprint density at radius 2 is 1.26 bits per heavy atom. The van der Waals surface area contributed by atoms with Crippen LogP contribution in [-0.4, -0.2) is 80.8 Å². The van der Waals surface area contributed by atoms with Crippen molar-refractivity contribution >= 4 is 44.3 Å². The lowest BCUT2D eigenvalue weighted by Gasteiger charge is -2.17. The monoisotopic (exact) mass is 353 g/mol.